The highest BCUT2D eigenvalue weighted by Gasteiger charge is 2.07. The SMILES string of the molecule is COC(=O)Nc1ccc(NCc2csnn2)cc1F. The molecule has 1 heterocycles. The summed E-state index contributed by atoms with van der Waals surface area (Å²) in [6.45, 7) is 0.458. The van der Waals surface area contributed by atoms with Crippen molar-refractivity contribution in [2.24, 2.45) is 0 Å². The Labute approximate surface area is 112 Å². The van der Waals surface area contributed by atoms with Gasteiger partial charge in [0.15, 0.2) is 0 Å². The number of nitrogens with zero attached hydrogens (tertiary/aromatic N) is 2. The Kier molecular flexibility index (Phi) is 4.24. The molecule has 2 aromatic rings. The van der Waals surface area contributed by atoms with Gasteiger partial charge in [0, 0.05) is 11.1 Å². The van der Waals surface area contributed by atoms with Crippen LogP contribution in [0.15, 0.2) is 23.6 Å². The zero-order valence-electron chi connectivity index (χ0n) is 10.0. The standard InChI is InChI=1S/C11H11FN4O2S/c1-18-11(17)14-10-3-2-7(4-9(10)12)13-5-8-6-19-16-15-8/h2-4,6,13H,5H2,1H3,(H,14,17). The molecule has 0 spiro atoms. The molecular formula is C11H11FN4O2S. The summed E-state index contributed by atoms with van der Waals surface area (Å²) in [4.78, 5) is 11.0. The maximum Gasteiger partial charge on any atom is 0.411 e. The normalized spacial score (nSPS) is 10.0. The van der Waals surface area contributed by atoms with Crippen LogP contribution < -0.4 is 10.6 Å². The van der Waals surface area contributed by atoms with E-state index in [1.807, 2.05) is 0 Å². The largest absolute Gasteiger partial charge is 0.453 e. The average molecular weight is 282 g/mol. The van der Waals surface area contributed by atoms with E-state index in [2.05, 4.69) is 25.0 Å². The molecule has 0 bridgehead atoms. The first-order chi connectivity index (χ1) is 9.19. The van der Waals surface area contributed by atoms with Gasteiger partial charge >= 0.3 is 6.09 Å². The number of carbonyl (C=O) groups excluding carboxylic acids is 1. The van der Waals surface area contributed by atoms with Crippen molar-refractivity contribution in [1.29, 1.82) is 0 Å². The van der Waals surface area contributed by atoms with Gasteiger partial charge < -0.3 is 10.1 Å². The molecule has 0 aliphatic heterocycles. The number of amides is 1. The minimum Gasteiger partial charge on any atom is -0.453 e. The van der Waals surface area contributed by atoms with E-state index in [0.29, 0.717) is 12.2 Å². The Morgan fingerprint density at radius 2 is 2.37 bits per heavy atom. The molecule has 2 N–H and O–H groups in total. The van der Waals surface area contributed by atoms with Crippen molar-refractivity contribution in [2.75, 3.05) is 17.7 Å². The highest BCUT2D eigenvalue weighted by molar-refractivity contribution is 7.03. The molecule has 0 aliphatic rings. The number of nitrogens with one attached hydrogen (secondary N) is 2. The lowest BCUT2D eigenvalue weighted by Crippen LogP contribution is -2.12. The van der Waals surface area contributed by atoms with Crippen molar-refractivity contribution in [2.45, 2.75) is 6.54 Å². The smallest absolute Gasteiger partial charge is 0.411 e. The molecule has 1 amide bonds. The summed E-state index contributed by atoms with van der Waals surface area (Å²) in [5.74, 6) is -0.549. The summed E-state index contributed by atoms with van der Waals surface area (Å²) in [6.07, 6.45) is -0.715. The summed E-state index contributed by atoms with van der Waals surface area (Å²) in [6, 6.07) is 4.38. The Morgan fingerprint density at radius 1 is 1.53 bits per heavy atom. The lowest BCUT2D eigenvalue weighted by atomic mass is 10.2. The molecule has 19 heavy (non-hydrogen) atoms. The van der Waals surface area contributed by atoms with E-state index in [1.54, 1.807) is 11.4 Å². The summed E-state index contributed by atoms with van der Waals surface area (Å²) in [7, 11) is 1.21. The predicted octanol–water partition coefficient (Wildman–Crippen LogP) is 2.47. The van der Waals surface area contributed by atoms with Gasteiger partial charge in [-0.15, -0.1) is 5.10 Å². The Balaban J connectivity index is 2.00. The van der Waals surface area contributed by atoms with Crippen LogP contribution in [-0.2, 0) is 11.3 Å². The number of carbonyl (C=O) groups is 1. The second kappa shape index (κ2) is 6.10. The molecule has 100 valence electrons. The number of ether oxygens (including phenoxy) is 1. The molecule has 1 aromatic heterocycles. The fourth-order valence-corrected chi connectivity index (χ4v) is 1.79. The fourth-order valence-electron chi connectivity index (χ4n) is 1.34. The van der Waals surface area contributed by atoms with Crippen LogP contribution in [0, 0.1) is 5.82 Å². The zero-order chi connectivity index (χ0) is 13.7. The van der Waals surface area contributed by atoms with Gasteiger partial charge in [-0.05, 0) is 29.7 Å². The maximum absolute atomic E-state index is 13.7. The fraction of sp³-hybridized carbons (Fsp3) is 0.182. The second-order valence-electron chi connectivity index (χ2n) is 3.56. The molecule has 0 saturated heterocycles. The minimum absolute atomic E-state index is 0.0627. The van der Waals surface area contributed by atoms with Crippen molar-refractivity contribution >= 4 is 29.0 Å². The Morgan fingerprint density at radius 3 is 3.00 bits per heavy atom. The number of aromatic nitrogens is 2. The lowest BCUT2D eigenvalue weighted by molar-refractivity contribution is 0.187. The van der Waals surface area contributed by atoms with E-state index in [9.17, 15) is 9.18 Å². The van der Waals surface area contributed by atoms with Gasteiger partial charge in [0.1, 0.15) is 5.82 Å². The van der Waals surface area contributed by atoms with Gasteiger partial charge in [0.2, 0.25) is 0 Å². The van der Waals surface area contributed by atoms with E-state index in [4.69, 9.17) is 0 Å². The molecule has 1 aromatic carbocycles. The van der Waals surface area contributed by atoms with E-state index in [-0.39, 0.29) is 5.69 Å². The summed E-state index contributed by atoms with van der Waals surface area (Å²) in [5.41, 5.74) is 1.43. The third-order valence-corrected chi connectivity index (χ3v) is 2.82. The van der Waals surface area contributed by atoms with Crippen LogP contribution in [0.4, 0.5) is 20.6 Å². The van der Waals surface area contributed by atoms with Gasteiger partial charge in [-0.25, -0.2) is 9.18 Å². The molecule has 0 radical (unpaired) electrons. The van der Waals surface area contributed by atoms with Gasteiger partial charge in [-0.2, -0.15) is 0 Å². The number of rotatable bonds is 4. The number of anilines is 2. The third-order valence-electron chi connectivity index (χ3n) is 2.27. The van der Waals surface area contributed by atoms with Crippen molar-refractivity contribution in [1.82, 2.24) is 9.59 Å². The highest BCUT2D eigenvalue weighted by Crippen LogP contribution is 2.19. The van der Waals surface area contributed by atoms with Crippen molar-refractivity contribution in [3.8, 4) is 0 Å². The van der Waals surface area contributed by atoms with Gasteiger partial charge in [0.05, 0.1) is 25.0 Å². The van der Waals surface area contributed by atoms with Crippen LogP contribution in [0.3, 0.4) is 0 Å². The van der Waals surface area contributed by atoms with Crippen LogP contribution in [0.25, 0.3) is 0 Å². The van der Waals surface area contributed by atoms with Gasteiger partial charge in [-0.1, -0.05) is 4.49 Å². The van der Waals surface area contributed by atoms with Crippen LogP contribution in [0.5, 0.6) is 0 Å². The molecule has 0 fully saturated rings. The van der Waals surface area contributed by atoms with Gasteiger partial charge in [0.25, 0.3) is 0 Å². The van der Waals surface area contributed by atoms with E-state index < -0.39 is 11.9 Å². The Bertz CT molecular complexity index is 562. The zero-order valence-corrected chi connectivity index (χ0v) is 10.8. The summed E-state index contributed by atoms with van der Waals surface area (Å²) < 4.78 is 21.8. The van der Waals surface area contributed by atoms with Gasteiger partial charge in [-0.3, -0.25) is 5.32 Å². The topological polar surface area (TPSA) is 76.1 Å². The first kappa shape index (κ1) is 13.2. The predicted molar refractivity (Wildman–Crippen MR) is 69.7 cm³/mol. The number of hydrogen-bond acceptors (Lipinski definition) is 6. The van der Waals surface area contributed by atoms with Crippen LogP contribution in [0.2, 0.25) is 0 Å². The molecule has 0 aliphatic carbocycles. The number of methoxy groups -OCH3 is 1. The molecule has 0 atom stereocenters. The molecule has 0 saturated carbocycles. The van der Waals surface area contributed by atoms with Crippen LogP contribution in [-0.4, -0.2) is 22.8 Å². The van der Waals surface area contributed by atoms with E-state index >= 15 is 0 Å². The van der Waals surface area contributed by atoms with Crippen molar-refractivity contribution in [3.63, 3.8) is 0 Å². The molecule has 8 heteroatoms. The average Bonchev–Trinajstić information content (AvgIpc) is 2.92. The van der Waals surface area contributed by atoms with Crippen LogP contribution >= 0.6 is 11.5 Å². The first-order valence-corrected chi connectivity index (χ1v) is 6.17. The Hall–Kier alpha value is -2.22. The molecule has 6 nitrogen and oxygen atoms in total. The number of hydrogen-bond donors (Lipinski definition) is 2. The quantitative estimate of drug-likeness (QED) is 0.901. The number of halogens is 1. The van der Waals surface area contributed by atoms with Crippen molar-refractivity contribution in [3.05, 3.63) is 35.1 Å². The number of benzene rings is 1. The van der Waals surface area contributed by atoms with E-state index in [1.165, 1.54) is 30.8 Å². The first-order valence-electron chi connectivity index (χ1n) is 5.33. The minimum atomic E-state index is -0.715. The second-order valence-corrected chi connectivity index (χ2v) is 4.17. The molecule has 2 rings (SSSR count). The van der Waals surface area contributed by atoms with E-state index in [0.717, 1.165) is 5.69 Å². The summed E-state index contributed by atoms with van der Waals surface area (Å²) in [5, 5.41) is 10.9. The monoisotopic (exact) mass is 282 g/mol. The third kappa shape index (κ3) is 3.62. The molecule has 0 unspecified atom stereocenters. The van der Waals surface area contributed by atoms with Crippen molar-refractivity contribution < 1.29 is 13.9 Å². The molecular weight excluding hydrogens is 271 g/mol. The van der Waals surface area contributed by atoms with Crippen LogP contribution in [0.1, 0.15) is 5.69 Å². The lowest BCUT2D eigenvalue weighted by Gasteiger charge is -2.08. The summed E-state index contributed by atoms with van der Waals surface area (Å²) >= 11 is 1.25. The highest BCUT2D eigenvalue weighted by atomic mass is 32.1. The maximum atomic E-state index is 13.7.